The first-order valence-corrected chi connectivity index (χ1v) is 7.93. The Morgan fingerprint density at radius 3 is 2.90 bits per heavy atom. The Kier molecular flexibility index (Phi) is 4.45. The predicted molar refractivity (Wildman–Crippen MR) is 81.9 cm³/mol. The molecule has 0 N–H and O–H groups in total. The Balaban J connectivity index is 1.72. The highest BCUT2D eigenvalue weighted by Crippen LogP contribution is 2.26. The highest BCUT2D eigenvalue weighted by molar-refractivity contribution is 7.09. The fourth-order valence-electron chi connectivity index (χ4n) is 2.98. The largest absolute Gasteiger partial charge is 0.380 e. The molecule has 1 fully saturated rings. The average Bonchev–Trinajstić information content (AvgIpc) is 3.11. The number of methoxy groups -OCH3 is 1. The molecule has 0 amide bonds. The zero-order valence-electron chi connectivity index (χ0n) is 11.7. The molecule has 0 aromatic carbocycles. The van der Waals surface area contributed by atoms with Gasteiger partial charge in [0, 0.05) is 43.5 Å². The van der Waals surface area contributed by atoms with E-state index in [-0.39, 0.29) is 0 Å². The van der Waals surface area contributed by atoms with Crippen molar-refractivity contribution in [3.63, 3.8) is 0 Å². The first-order valence-electron chi connectivity index (χ1n) is 7.05. The van der Waals surface area contributed by atoms with Crippen LogP contribution >= 0.6 is 11.3 Å². The van der Waals surface area contributed by atoms with Crippen molar-refractivity contribution < 1.29 is 4.74 Å². The lowest BCUT2D eigenvalue weighted by molar-refractivity contribution is 0.0641. The van der Waals surface area contributed by atoms with E-state index >= 15 is 0 Å². The van der Waals surface area contributed by atoms with Gasteiger partial charge in [0.05, 0.1) is 6.10 Å². The molecule has 3 heterocycles. The van der Waals surface area contributed by atoms with Crippen molar-refractivity contribution >= 4 is 11.3 Å². The van der Waals surface area contributed by atoms with Crippen LogP contribution in [-0.2, 0) is 17.7 Å². The first kappa shape index (κ1) is 13.7. The molecule has 2 aromatic heterocycles. The number of hydrogen-bond acceptors (Lipinski definition) is 4. The summed E-state index contributed by atoms with van der Waals surface area (Å²) in [7, 11) is 1.83. The molecule has 4 heteroatoms. The van der Waals surface area contributed by atoms with E-state index in [2.05, 4.69) is 39.5 Å². The first-order chi connectivity index (χ1) is 9.86. The van der Waals surface area contributed by atoms with E-state index < -0.39 is 0 Å². The quantitative estimate of drug-likeness (QED) is 0.846. The second-order valence-corrected chi connectivity index (χ2v) is 6.27. The molecule has 2 aromatic rings. The van der Waals surface area contributed by atoms with Crippen LogP contribution in [0.25, 0.3) is 0 Å². The minimum absolute atomic E-state index is 0.336. The van der Waals surface area contributed by atoms with Crippen LogP contribution in [0.15, 0.2) is 42.0 Å². The van der Waals surface area contributed by atoms with Crippen molar-refractivity contribution in [1.82, 2.24) is 9.88 Å². The molecule has 1 aliphatic heterocycles. The third-order valence-electron chi connectivity index (χ3n) is 4.03. The predicted octanol–water partition coefficient (Wildman–Crippen LogP) is 2.98. The van der Waals surface area contributed by atoms with Crippen molar-refractivity contribution in [2.45, 2.75) is 31.5 Å². The van der Waals surface area contributed by atoms with Gasteiger partial charge < -0.3 is 4.74 Å². The number of pyridine rings is 1. The Hall–Kier alpha value is -1.23. The molecule has 1 saturated heterocycles. The van der Waals surface area contributed by atoms with Crippen LogP contribution in [0.3, 0.4) is 0 Å². The van der Waals surface area contributed by atoms with Gasteiger partial charge in [-0.05, 0) is 42.0 Å². The maximum absolute atomic E-state index is 5.69. The number of rotatable bonds is 5. The monoisotopic (exact) mass is 288 g/mol. The fraction of sp³-hybridized carbons (Fsp3) is 0.438. The van der Waals surface area contributed by atoms with Crippen molar-refractivity contribution in [2.24, 2.45) is 0 Å². The molecule has 0 spiro atoms. The van der Waals surface area contributed by atoms with Crippen LogP contribution in [0.2, 0.25) is 0 Å². The van der Waals surface area contributed by atoms with E-state index in [4.69, 9.17) is 4.74 Å². The van der Waals surface area contributed by atoms with E-state index in [0.29, 0.717) is 12.1 Å². The zero-order valence-corrected chi connectivity index (χ0v) is 12.6. The van der Waals surface area contributed by atoms with E-state index in [1.807, 2.05) is 30.8 Å². The van der Waals surface area contributed by atoms with E-state index in [1.165, 1.54) is 10.4 Å². The van der Waals surface area contributed by atoms with Crippen LogP contribution in [0.1, 0.15) is 16.9 Å². The lowest BCUT2D eigenvalue weighted by atomic mass is 10.0. The Labute approximate surface area is 124 Å². The van der Waals surface area contributed by atoms with Gasteiger partial charge in [-0.2, -0.15) is 0 Å². The molecule has 20 heavy (non-hydrogen) atoms. The van der Waals surface area contributed by atoms with Crippen molar-refractivity contribution in [1.29, 1.82) is 0 Å². The minimum atomic E-state index is 0.336. The molecule has 1 aliphatic rings. The zero-order chi connectivity index (χ0) is 13.8. The lowest BCUT2D eigenvalue weighted by Gasteiger charge is -2.27. The molecule has 0 bridgehead atoms. The molecule has 0 radical (unpaired) electrons. The van der Waals surface area contributed by atoms with Crippen molar-refractivity contribution in [3.8, 4) is 0 Å². The maximum atomic E-state index is 5.69. The number of thiophene rings is 1. The maximum Gasteiger partial charge on any atom is 0.0742 e. The topological polar surface area (TPSA) is 25.4 Å². The van der Waals surface area contributed by atoms with Gasteiger partial charge in [0.15, 0.2) is 0 Å². The Bertz CT molecular complexity index is 515. The number of ether oxygens (including phenoxy) is 1. The van der Waals surface area contributed by atoms with Crippen LogP contribution < -0.4 is 0 Å². The van der Waals surface area contributed by atoms with Crippen LogP contribution in [-0.4, -0.2) is 35.7 Å². The molecule has 3 rings (SSSR count). The van der Waals surface area contributed by atoms with Crippen molar-refractivity contribution in [2.75, 3.05) is 13.7 Å². The summed E-state index contributed by atoms with van der Waals surface area (Å²) in [5, 5.41) is 2.15. The summed E-state index contributed by atoms with van der Waals surface area (Å²) in [5.41, 5.74) is 1.34. The number of nitrogens with zero attached hydrogens (tertiary/aromatic N) is 2. The van der Waals surface area contributed by atoms with Gasteiger partial charge in [0.25, 0.3) is 0 Å². The van der Waals surface area contributed by atoms with Gasteiger partial charge in [-0.15, -0.1) is 11.3 Å². The smallest absolute Gasteiger partial charge is 0.0742 e. The molecule has 2 atom stereocenters. The molecular weight excluding hydrogens is 268 g/mol. The highest BCUT2D eigenvalue weighted by Gasteiger charge is 2.34. The third-order valence-corrected chi connectivity index (χ3v) is 4.90. The summed E-state index contributed by atoms with van der Waals surface area (Å²) >= 11 is 1.83. The second kappa shape index (κ2) is 6.48. The molecular formula is C16H20N2OS. The highest BCUT2D eigenvalue weighted by atomic mass is 32.1. The summed E-state index contributed by atoms with van der Waals surface area (Å²) in [5.74, 6) is 0. The normalized spacial score (nSPS) is 23.2. The van der Waals surface area contributed by atoms with E-state index in [1.54, 1.807) is 0 Å². The summed E-state index contributed by atoms with van der Waals surface area (Å²) in [6, 6.07) is 9.02. The molecule has 3 nitrogen and oxygen atoms in total. The summed E-state index contributed by atoms with van der Waals surface area (Å²) in [6.07, 6.45) is 6.23. The standard InChI is InChI=1S/C16H20N2OS/c1-19-16-6-9-18(12-14-3-2-10-20-14)15(16)11-13-4-7-17-8-5-13/h2-5,7-8,10,15-16H,6,9,11-12H2,1H3/t15-,16+/m0/s1. The van der Waals surface area contributed by atoms with Gasteiger partial charge >= 0.3 is 0 Å². The fourth-order valence-corrected chi connectivity index (χ4v) is 3.71. The lowest BCUT2D eigenvalue weighted by Crippen LogP contribution is -2.37. The number of likely N-dealkylation sites (tertiary alicyclic amines) is 1. The Morgan fingerprint density at radius 1 is 1.35 bits per heavy atom. The molecule has 0 aliphatic carbocycles. The average molecular weight is 288 g/mol. The van der Waals surface area contributed by atoms with Crippen LogP contribution in [0, 0.1) is 0 Å². The molecule has 0 saturated carbocycles. The van der Waals surface area contributed by atoms with Gasteiger partial charge in [-0.3, -0.25) is 9.88 Å². The summed E-state index contributed by atoms with van der Waals surface area (Å²) in [6.45, 7) is 2.15. The van der Waals surface area contributed by atoms with Gasteiger partial charge in [0.2, 0.25) is 0 Å². The third kappa shape index (κ3) is 3.08. The second-order valence-electron chi connectivity index (χ2n) is 5.24. The van der Waals surface area contributed by atoms with Gasteiger partial charge in [0.1, 0.15) is 0 Å². The van der Waals surface area contributed by atoms with E-state index in [9.17, 15) is 0 Å². The molecule has 106 valence electrons. The van der Waals surface area contributed by atoms with Crippen molar-refractivity contribution in [3.05, 3.63) is 52.5 Å². The van der Waals surface area contributed by atoms with E-state index in [0.717, 1.165) is 25.9 Å². The number of aromatic nitrogens is 1. The summed E-state index contributed by atoms with van der Waals surface area (Å²) in [4.78, 5) is 8.08. The Morgan fingerprint density at radius 2 is 2.20 bits per heavy atom. The molecule has 0 unspecified atom stereocenters. The summed E-state index contributed by atoms with van der Waals surface area (Å²) < 4.78 is 5.69. The number of hydrogen-bond donors (Lipinski definition) is 0. The van der Waals surface area contributed by atoms with Gasteiger partial charge in [-0.1, -0.05) is 6.07 Å². The van der Waals surface area contributed by atoms with Gasteiger partial charge in [-0.25, -0.2) is 0 Å². The minimum Gasteiger partial charge on any atom is -0.380 e. The van der Waals surface area contributed by atoms with Crippen LogP contribution in [0.5, 0.6) is 0 Å². The SMILES string of the molecule is CO[C@@H]1CCN(Cc2cccs2)[C@H]1Cc1ccncc1. The van der Waals surface area contributed by atoms with Crippen LogP contribution in [0.4, 0.5) is 0 Å².